The maximum Gasteiger partial charge on any atom is 0.330 e. The van der Waals surface area contributed by atoms with Gasteiger partial charge in [-0.1, -0.05) is 0 Å². The summed E-state index contributed by atoms with van der Waals surface area (Å²) < 4.78 is 44.0. The minimum absolute atomic E-state index is 0.345. The number of aromatic nitrogens is 2. The van der Waals surface area contributed by atoms with Crippen LogP contribution in [0.5, 0.6) is 0 Å². The number of halogens is 1. The van der Waals surface area contributed by atoms with Gasteiger partial charge in [0.1, 0.15) is 12.1 Å². The van der Waals surface area contributed by atoms with Crippen LogP contribution in [0.15, 0.2) is 21.9 Å². The van der Waals surface area contributed by atoms with E-state index in [4.69, 9.17) is 14.0 Å². The lowest BCUT2D eigenvalue weighted by Crippen LogP contribution is -2.55. The second kappa shape index (κ2) is 9.15. The molecule has 11 nitrogen and oxygen atoms in total. The Kier molecular flexibility index (Phi) is 7.47. The number of rotatable bonds is 8. The van der Waals surface area contributed by atoms with Gasteiger partial charge in [-0.15, -0.1) is 0 Å². The Morgan fingerprint density at radius 1 is 1.50 bits per heavy atom. The Hall–Kier alpha value is -1.79. The highest BCUT2D eigenvalue weighted by molar-refractivity contribution is 7.36. The molecule has 1 aliphatic rings. The van der Waals surface area contributed by atoms with Gasteiger partial charge >= 0.3 is 11.7 Å². The fraction of sp³-hybridized carbons (Fsp3) is 0.688. The summed E-state index contributed by atoms with van der Waals surface area (Å²) in [6.45, 7) is 5.33. The number of carbonyl (C=O) groups is 1. The van der Waals surface area contributed by atoms with E-state index in [-0.39, 0.29) is 6.10 Å². The standard InChI is InChI=1S/C16H26BFN3O8P/c1-8(2)28-12(23)9(3)20-30(26)27-7-10-16(17,25)15(4,18)13(29-10)21-6-5-11(22)19-14(21)24/h5-6,8-10,13,25,30H,7,17H2,1-4H3,(H,20,26)(H,19,22,24)/t9-,10+,13+,15-,16+/m0/s1. The van der Waals surface area contributed by atoms with Crippen molar-refractivity contribution in [3.8, 4) is 0 Å². The Labute approximate surface area is 173 Å². The molecule has 0 bridgehead atoms. The number of nitrogens with one attached hydrogen (secondary N) is 2. The van der Waals surface area contributed by atoms with Crippen LogP contribution in [0, 0.1) is 0 Å². The zero-order valence-electron chi connectivity index (χ0n) is 17.3. The summed E-state index contributed by atoms with van der Waals surface area (Å²) in [5, 5.41) is 13.1. The molecular formula is C16H26BFN3O8P. The van der Waals surface area contributed by atoms with E-state index < -0.39 is 61.5 Å². The van der Waals surface area contributed by atoms with E-state index >= 15 is 4.39 Å². The van der Waals surface area contributed by atoms with E-state index in [1.807, 2.05) is 4.98 Å². The number of hydrogen-bond donors (Lipinski definition) is 3. The minimum atomic E-state index is -2.97. The van der Waals surface area contributed by atoms with Gasteiger partial charge in [-0.3, -0.25) is 23.7 Å². The van der Waals surface area contributed by atoms with Crippen LogP contribution in [0.4, 0.5) is 4.39 Å². The summed E-state index contributed by atoms with van der Waals surface area (Å²) in [7, 11) is -1.81. The number of nitrogens with zero attached hydrogens (tertiary/aromatic N) is 1. The molecule has 2 heterocycles. The van der Waals surface area contributed by atoms with Crippen LogP contribution in [0.25, 0.3) is 0 Å². The fourth-order valence-corrected chi connectivity index (χ4v) is 3.74. The zero-order valence-corrected chi connectivity index (χ0v) is 18.3. The highest BCUT2D eigenvalue weighted by Gasteiger charge is 2.63. The number of H-pyrrole nitrogens is 1. The van der Waals surface area contributed by atoms with Crippen LogP contribution in [0.2, 0.25) is 0 Å². The van der Waals surface area contributed by atoms with Crippen molar-refractivity contribution in [2.75, 3.05) is 6.61 Å². The van der Waals surface area contributed by atoms with Gasteiger partial charge in [0, 0.05) is 12.3 Å². The lowest BCUT2D eigenvalue weighted by molar-refractivity contribution is -0.149. The number of carbonyl (C=O) groups excluding carboxylic acids is 1. The van der Waals surface area contributed by atoms with Crippen molar-refractivity contribution in [1.29, 1.82) is 0 Å². The molecule has 0 spiro atoms. The van der Waals surface area contributed by atoms with Gasteiger partial charge < -0.3 is 19.1 Å². The normalized spacial score (nSPS) is 30.9. The molecule has 0 aromatic carbocycles. The van der Waals surface area contributed by atoms with Crippen LogP contribution in [-0.2, 0) is 23.4 Å². The van der Waals surface area contributed by atoms with Gasteiger partial charge in [-0.2, -0.15) is 0 Å². The van der Waals surface area contributed by atoms with E-state index in [0.29, 0.717) is 0 Å². The maximum absolute atomic E-state index is 15.4. The summed E-state index contributed by atoms with van der Waals surface area (Å²) in [5.74, 6) is -0.620. The lowest BCUT2D eigenvalue weighted by atomic mass is 9.68. The molecular weight excluding hydrogens is 423 g/mol. The summed E-state index contributed by atoms with van der Waals surface area (Å²) in [4.78, 5) is 37.0. The van der Waals surface area contributed by atoms with Gasteiger partial charge in [0.15, 0.2) is 19.7 Å². The van der Waals surface area contributed by atoms with E-state index in [2.05, 4.69) is 5.09 Å². The first-order valence-electron chi connectivity index (χ1n) is 9.29. The predicted molar refractivity (Wildman–Crippen MR) is 107 cm³/mol. The summed E-state index contributed by atoms with van der Waals surface area (Å²) in [6.07, 6.45) is -2.16. The average Bonchev–Trinajstić information content (AvgIpc) is 2.78. The largest absolute Gasteiger partial charge is 0.462 e. The number of alkyl halides is 1. The first kappa shape index (κ1) is 24.5. The van der Waals surface area contributed by atoms with Crippen molar-refractivity contribution in [2.45, 2.75) is 63.3 Å². The first-order valence-corrected chi connectivity index (χ1v) is 10.6. The minimum Gasteiger partial charge on any atom is -0.462 e. The smallest absolute Gasteiger partial charge is 0.330 e. The second-order valence-corrected chi connectivity index (χ2v) is 8.82. The number of aliphatic hydroxyl groups is 1. The zero-order chi connectivity index (χ0) is 22.9. The number of ether oxygens (including phenoxy) is 2. The van der Waals surface area contributed by atoms with E-state index in [1.54, 1.807) is 13.8 Å². The third-order valence-electron chi connectivity index (χ3n) is 4.88. The highest BCUT2D eigenvalue weighted by atomic mass is 31.1. The molecule has 0 saturated carbocycles. The Morgan fingerprint density at radius 3 is 2.70 bits per heavy atom. The van der Waals surface area contributed by atoms with Crippen molar-refractivity contribution in [3.05, 3.63) is 33.1 Å². The van der Waals surface area contributed by atoms with E-state index in [0.717, 1.165) is 31.6 Å². The SMILES string of the molecule is B[C@@]1(O)[C@@H](CO[PH](=O)N[C@@H](C)C(=O)OC(C)C)O[C@@H](n2ccc(=O)[nH]c2=O)[C@]1(C)F. The topological polar surface area (TPSA) is 149 Å². The van der Waals surface area contributed by atoms with E-state index in [1.165, 1.54) is 6.92 Å². The van der Waals surface area contributed by atoms with Crippen molar-refractivity contribution in [1.82, 2.24) is 14.6 Å². The molecule has 168 valence electrons. The van der Waals surface area contributed by atoms with Crippen molar-refractivity contribution in [3.63, 3.8) is 0 Å². The molecule has 3 N–H and O–H groups in total. The summed E-state index contributed by atoms with van der Waals surface area (Å²) in [6, 6.07) is 0.0994. The number of esters is 1. The maximum atomic E-state index is 15.4. The molecule has 2 rings (SSSR count). The summed E-state index contributed by atoms with van der Waals surface area (Å²) >= 11 is 0. The third-order valence-corrected chi connectivity index (χ3v) is 5.98. The Morgan fingerprint density at radius 2 is 2.13 bits per heavy atom. The van der Waals surface area contributed by atoms with Crippen molar-refractivity contribution < 1.29 is 32.9 Å². The molecule has 14 heteroatoms. The molecule has 30 heavy (non-hydrogen) atoms. The second-order valence-electron chi connectivity index (χ2n) is 7.67. The molecule has 6 atom stereocenters. The fourth-order valence-electron chi connectivity index (χ4n) is 2.88. The molecule has 0 amide bonds. The molecule has 1 aromatic heterocycles. The quantitative estimate of drug-likeness (QED) is 0.253. The van der Waals surface area contributed by atoms with E-state index in [9.17, 15) is 24.1 Å². The monoisotopic (exact) mass is 449 g/mol. The molecule has 1 unspecified atom stereocenters. The predicted octanol–water partition coefficient (Wildman–Crippen LogP) is -1.18. The average molecular weight is 449 g/mol. The lowest BCUT2D eigenvalue weighted by Gasteiger charge is -2.33. The van der Waals surface area contributed by atoms with Crippen molar-refractivity contribution in [2.24, 2.45) is 0 Å². The molecule has 0 radical (unpaired) electrons. The molecule has 0 aliphatic carbocycles. The number of hydrogen-bond acceptors (Lipinski definition) is 8. The highest BCUT2D eigenvalue weighted by Crippen LogP contribution is 2.46. The molecule has 1 saturated heterocycles. The Bertz CT molecular complexity index is 918. The van der Waals surface area contributed by atoms with Crippen molar-refractivity contribution >= 4 is 22.0 Å². The van der Waals surface area contributed by atoms with Crippen LogP contribution in [0.1, 0.15) is 33.9 Å². The van der Waals surface area contributed by atoms with Crippen LogP contribution >= 0.6 is 8.18 Å². The van der Waals surface area contributed by atoms with Gasteiger partial charge in [0.25, 0.3) is 13.7 Å². The first-order chi connectivity index (χ1) is 13.8. The van der Waals surface area contributed by atoms with Crippen LogP contribution < -0.4 is 16.3 Å². The van der Waals surface area contributed by atoms with Gasteiger partial charge in [-0.25, -0.2) is 14.3 Å². The summed E-state index contributed by atoms with van der Waals surface area (Å²) in [5.41, 5.74) is -6.17. The van der Waals surface area contributed by atoms with Crippen LogP contribution in [0.3, 0.4) is 0 Å². The van der Waals surface area contributed by atoms with Gasteiger partial charge in [0.2, 0.25) is 0 Å². The third kappa shape index (κ3) is 5.09. The van der Waals surface area contributed by atoms with Gasteiger partial charge in [0.05, 0.1) is 18.2 Å². The van der Waals surface area contributed by atoms with Gasteiger partial charge in [-0.05, 0) is 27.7 Å². The molecule has 1 aromatic rings. The molecule has 1 fully saturated rings. The van der Waals surface area contributed by atoms with Crippen LogP contribution in [-0.4, -0.2) is 64.5 Å². The Balaban J connectivity index is 2.08. The molecule has 1 aliphatic heterocycles. The number of aromatic amines is 1.